The molecule has 0 saturated heterocycles. The molecule has 2 atom stereocenters. The third-order valence-electron chi connectivity index (χ3n) is 3.13. The molecular weight excluding hydrogens is 236 g/mol. The first-order chi connectivity index (χ1) is 8.56. The van der Waals surface area contributed by atoms with Gasteiger partial charge in [-0.2, -0.15) is 0 Å². The van der Waals surface area contributed by atoms with Gasteiger partial charge in [-0.1, -0.05) is 25.8 Å². The van der Waals surface area contributed by atoms with Crippen LogP contribution in [0.25, 0.3) is 0 Å². The van der Waals surface area contributed by atoms with Crippen LogP contribution < -0.4 is 0 Å². The minimum absolute atomic E-state index is 0.108. The highest BCUT2D eigenvalue weighted by Crippen LogP contribution is 2.25. The number of rotatable bonds is 5. The highest BCUT2D eigenvalue weighted by Gasteiger charge is 2.30. The van der Waals surface area contributed by atoms with Crippen molar-refractivity contribution in [2.45, 2.75) is 51.2 Å². The average molecular weight is 256 g/mol. The van der Waals surface area contributed by atoms with Gasteiger partial charge in [0.1, 0.15) is 6.10 Å². The molecule has 0 amide bonds. The molecule has 0 bridgehead atoms. The Balaban J connectivity index is 2.42. The topological polar surface area (TPSA) is 72.8 Å². The first kappa shape index (κ1) is 14.7. The number of aliphatic hydroxyl groups is 1. The van der Waals surface area contributed by atoms with Crippen LogP contribution >= 0.6 is 0 Å². The van der Waals surface area contributed by atoms with Crippen LogP contribution in [0.1, 0.15) is 39.0 Å². The Labute approximate surface area is 107 Å². The Hall–Kier alpha value is -1.36. The number of hydrogen-bond donors (Lipinski definition) is 1. The normalized spacial score (nSPS) is 19.7. The third kappa shape index (κ3) is 4.14. The fraction of sp³-hybridized carbons (Fsp3) is 0.692. The van der Waals surface area contributed by atoms with Crippen LogP contribution in [0.5, 0.6) is 0 Å². The monoisotopic (exact) mass is 256 g/mol. The Morgan fingerprint density at radius 1 is 1.33 bits per heavy atom. The average Bonchev–Trinajstić information content (AvgIpc) is 2.39. The van der Waals surface area contributed by atoms with Crippen LogP contribution in [0, 0.1) is 5.92 Å². The highest BCUT2D eigenvalue weighted by molar-refractivity contribution is 5.77. The molecule has 1 N–H and O–H groups in total. The summed E-state index contributed by atoms with van der Waals surface area (Å²) in [6, 6.07) is 0. The maximum absolute atomic E-state index is 11.8. The quantitative estimate of drug-likeness (QED) is 0.596. The number of hydrogen-bond acceptors (Lipinski definition) is 5. The van der Waals surface area contributed by atoms with Gasteiger partial charge in [-0.05, 0) is 19.8 Å². The zero-order chi connectivity index (χ0) is 13.5. The Morgan fingerprint density at radius 2 is 1.94 bits per heavy atom. The summed E-state index contributed by atoms with van der Waals surface area (Å²) in [6.45, 7) is 4.68. The fourth-order valence-electron chi connectivity index (χ4n) is 2.03. The van der Waals surface area contributed by atoms with E-state index in [1.54, 1.807) is 0 Å². The molecule has 0 aliphatic heterocycles. The van der Waals surface area contributed by atoms with E-state index in [2.05, 4.69) is 11.3 Å². The van der Waals surface area contributed by atoms with Gasteiger partial charge < -0.3 is 14.6 Å². The molecule has 0 radical (unpaired) electrons. The summed E-state index contributed by atoms with van der Waals surface area (Å²) in [6.07, 6.45) is 3.37. The zero-order valence-electron chi connectivity index (χ0n) is 10.6. The maximum atomic E-state index is 11.8. The van der Waals surface area contributed by atoms with Gasteiger partial charge >= 0.3 is 11.9 Å². The van der Waals surface area contributed by atoms with Gasteiger partial charge in [-0.3, -0.25) is 4.79 Å². The van der Waals surface area contributed by atoms with Crippen LogP contribution in [-0.4, -0.2) is 29.3 Å². The summed E-state index contributed by atoms with van der Waals surface area (Å²) in [4.78, 5) is 23.0. The van der Waals surface area contributed by atoms with Crippen molar-refractivity contribution in [3.05, 3.63) is 12.8 Å². The molecule has 0 spiro atoms. The van der Waals surface area contributed by atoms with Crippen molar-refractivity contribution in [1.29, 1.82) is 0 Å². The summed E-state index contributed by atoms with van der Waals surface area (Å²) in [5.74, 6) is -1.31. The lowest BCUT2D eigenvalue weighted by molar-refractivity contribution is -0.168. The van der Waals surface area contributed by atoms with Crippen molar-refractivity contribution >= 4 is 11.9 Å². The fourth-order valence-corrected chi connectivity index (χ4v) is 2.03. The second kappa shape index (κ2) is 7.16. The molecule has 0 heterocycles. The Morgan fingerprint density at radius 3 is 2.50 bits per heavy atom. The molecule has 5 nitrogen and oxygen atoms in total. The van der Waals surface area contributed by atoms with E-state index in [0.717, 1.165) is 38.4 Å². The summed E-state index contributed by atoms with van der Waals surface area (Å²) in [5, 5.41) is 9.57. The van der Waals surface area contributed by atoms with Gasteiger partial charge in [0.15, 0.2) is 6.10 Å². The molecule has 0 aromatic rings. The molecule has 2 unspecified atom stereocenters. The number of carbonyl (C=O) groups is 2. The molecule has 102 valence electrons. The smallest absolute Gasteiger partial charge is 0.343 e. The van der Waals surface area contributed by atoms with Crippen molar-refractivity contribution in [2.75, 3.05) is 0 Å². The van der Waals surface area contributed by atoms with Crippen molar-refractivity contribution in [2.24, 2.45) is 5.92 Å². The van der Waals surface area contributed by atoms with E-state index in [9.17, 15) is 14.7 Å². The van der Waals surface area contributed by atoms with Crippen LogP contribution in [0.4, 0.5) is 0 Å². The van der Waals surface area contributed by atoms with Crippen molar-refractivity contribution in [3.63, 3.8) is 0 Å². The molecule has 1 rings (SSSR count). The molecule has 1 saturated carbocycles. The van der Waals surface area contributed by atoms with E-state index >= 15 is 0 Å². The predicted molar refractivity (Wildman–Crippen MR) is 64.4 cm³/mol. The lowest BCUT2D eigenvalue weighted by Gasteiger charge is -2.23. The summed E-state index contributed by atoms with van der Waals surface area (Å²) in [7, 11) is 0. The molecule has 1 aliphatic carbocycles. The summed E-state index contributed by atoms with van der Waals surface area (Å²) >= 11 is 0. The summed E-state index contributed by atoms with van der Waals surface area (Å²) < 4.78 is 9.53. The maximum Gasteiger partial charge on any atom is 0.343 e. The molecular formula is C13H20O5. The lowest BCUT2D eigenvalue weighted by atomic mass is 9.89. The second-order valence-electron chi connectivity index (χ2n) is 4.53. The first-order valence-electron chi connectivity index (χ1n) is 6.26. The van der Waals surface area contributed by atoms with Crippen molar-refractivity contribution < 1.29 is 24.2 Å². The van der Waals surface area contributed by atoms with E-state index < -0.39 is 18.2 Å². The van der Waals surface area contributed by atoms with Crippen molar-refractivity contribution in [3.8, 4) is 0 Å². The minimum Gasteiger partial charge on any atom is -0.459 e. The second-order valence-corrected chi connectivity index (χ2v) is 4.53. The Bertz CT molecular complexity index is 307. The lowest BCUT2D eigenvalue weighted by Crippen LogP contribution is -2.37. The van der Waals surface area contributed by atoms with Crippen LogP contribution in [0.3, 0.4) is 0 Å². The third-order valence-corrected chi connectivity index (χ3v) is 3.13. The van der Waals surface area contributed by atoms with Gasteiger partial charge in [0.05, 0.1) is 12.2 Å². The SMILES string of the molecule is C=COC(=O)C(O)C(C)OC(=O)C1CCCCC1. The predicted octanol–water partition coefficient (Wildman–Crippen LogP) is 1.55. The molecule has 18 heavy (non-hydrogen) atoms. The van der Waals surface area contributed by atoms with E-state index in [-0.39, 0.29) is 11.9 Å². The van der Waals surface area contributed by atoms with Gasteiger partial charge in [0.2, 0.25) is 0 Å². The minimum atomic E-state index is -1.48. The van der Waals surface area contributed by atoms with Gasteiger partial charge in [-0.15, -0.1) is 0 Å². The van der Waals surface area contributed by atoms with E-state index in [1.807, 2.05) is 0 Å². The van der Waals surface area contributed by atoms with Gasteiger partial charge in [-0.25, -0.2) is 4.79 Å². The van der Waals surface area contributed by atoms with E-state index in [0.29, 0.717) is 0 Å². The van der Waals surface area contributed by atoms with Gasteiger partial charge in [0.25, 0.3) is 0 Å². The van der Waals surface area contributed by atoms with E-state index in [4.69, 9.17) is 4.74 Å². The van der Waals surface area contributed by atoms with Crippen LogP contribution in [-0.2, 0) is 19.1 Å². The number of carbonyl (C=O) groups excluding carboxylic acids is 2. The number of esters is 2. The molecule has 5 heteroatoms. The Kier molecular flexibility index (Phi) is 5.85. The largest absolute Gasteiger partial charge is 0.459 e. The zero-order valence-corrected chi connectivity index (χ0v) is 10.6. The van der Waals surface area contributed by atoms with Crippen molar-refractivity contribution in [1.82, 2.24) is 0 Å². The molecule has 0 aromatic carbocycles. The van der Waals surface area contributed by atoms with Crippen LogP contribution in [0.15, 0.2) is 12.8 Å². The standard InChI is InChI=1S/C13H20O5/c1-3-17-13(16)11(14)9(2)18-12(15)10-7-5-4-6-8-10/h3,9-11,14H,1,4-8H2,2H3. The van der Waals surface area contributed by atoms with Crippen LogP contribution in [0.2, 0.25) is 0 Å². The number of aliphatic hydroxyl groups excluding tert-OH is 1. The van der Waals surface area contributed by atoms with E-state index in [1.165, 1.54) is 6.92 Å². The first-order valence-corrected chi connectivity index (χ1v) is 6.26. The molecule has 0 aromatic heterocycles. The molecule has 1 aliphatic rings. The molecule has 1 fully saturated rings. The summed E-state index contributed by atoms with van der Waals surface area (Å²) in [5.41, 5.74) is 0. The highest BCUT2D eigenvalue weighted by atomic mass is 16.6. The number of ether oxygens (including phenoxy) is 2. The van der Waals surface area contributed by atoms with Gasteiger partial charge in [0, 0.05) is 0 Å².